The van der Waals surface area contributed by atoms with E-state index in [1.807, 2.05) is 6.92 Å². The third-order valence-corrected chi connectivity index (χ3v) is 3.81. The van der Waals surface area contributed by atoms with E-state index in [4.69, 9.17) is 4.74 Å². The molecule has 18 heavy (non-hydrogen) atoms. The first-order valence-electron chi connectivity index (χ1n) is 7.94. The Kier molecular flexibility index (Phi) is 8.32. The van der Waals surface area contributed by atoms with Crippen LogP contribution in [0.5, 0.6) is 0 Å². The van der Waals surface area contributed by atoms with Crippen LogP contribution in [0.25, 0.3) is 0 Å². The molecule has 106 valence electrons. The number of unbranched alkanes of at least 4 members (excludes halogenated alkanes) is 9. The maximum absolute atomic E-state index is 11.5. The first-order chi connectivity index (χ1) is 8.75. The van der Waals surface area contributed by atoms with Crippen LogP contribution in [-0.4, -0.2) is 18.0 Å². The average molecular weight is 254 g/mol. The van der Waals surface area contributed by atoms with Crippen molar-refractivity contribution in [2.45, 2.75) is 96.7 Å². The monoisotopic (exact) mass is 254 g/mol. The molecule has 2 atom stereocenters. The summed E-state index contributed by atoms with van der Waals surface area (Å²) in [4.78, 5) is 11.5. The van der Waals surface area contributed by atoms with Gasteiger partial charge in [-0.1, -0.05) is 64.7 Å². The smallest absolute Gasteiger partial charge is 0.164 e. The highest BCUT2D eigenvalue weighted by Gasteiger charge is 2.39. The van der Waals surface area contributed by atoms with Gasteiger partial charge in [0.2, 0.25) is 0 Å². The second-order valence-electron chi connectivity index (χ2n) is 5.66. The van der Waals surface area contributed by atoms with Crippen molar-refractivity contribution < 1.29 is 9.53 Å². The fourth-order valence-electron chi connectivity index (χ4n) is 2.45. The van der Waals surface area contributed by atoms with Gasteiger partial charge in [0.15, 0.2) is 5.78 Å². The van der Waals surface area contributed by atoms with Crippen LogP contribution < -0.4 is 0 Å². The van der Waals surface area contributed by atoms with E-state index in [9.17, 15) is 4.79 Å². The Balaban J connectivity index is 1.75. The molecule has 1 aliphatic rings. The van der Waals surface area contributed by atoms with Gasteiger partial charge in [0.05, 0.1) is 6.10 Å². The first kappa shape index (κ1) is 15.7. The summed E-state index contributed by atoms with van der Waals surface area (Å²) >= 11 is 0. The SMILES string of the molecule is CCCCCCCCCCCCC(=O)[C@H]1O[C@@H]1C. The van der Waals surface area contributed by atoms with Gasteiger partial charge in [-0.15, -0.1) is 0 Å². The van der Waals surface area contributed by atoms with Gasteiger partial charge in [-0.25, -0.2) is 0 Å². The molecule has 0 saturated carbocycles. The summed E-state index contributed by atoms with van der Waals surface area (Å²) in [6, 6.07) is 0. The summed E-state index contributed by atoms with van der Waals surface area (Å²) in [5, 5.41) is 0. The van der Waals surface area contributed by atoms with Gasteiger partial charge in [0.25, 0.3) is 0 Å². The molecule has 0 spiro atoms. The molecule has 1 rings (SSSR count). The highest BCUT2D eigenvalue weighted by molar-refractivity contribution is 5.85. The molecule has 1 saturated heterocycles. The standard InChI is InChI=1S/C16H30O2/c1-3-4-5-6-7-8-9-10-11-12-13-15(17)16-14(2)18-16/h14,16H,3-13H2,1-2H3/t14-,16+/m1/s1. The molecule has 0 amide bonds. The van der Waals surface area contributed by atoms with E-state index >= 15 is 0 Å². The number of carbonyl (C=O) groups excluding carboxylic acids is 1. The largest absolute Gasteiger partial charge is 0.362 e. The number of Topliss-reactive ketones (excluding diaryl/α,β-unsaturated/α-hetero) is 1. The molecular weight excluding hydrogens is 224 g/mol. The number of ether oxygens (including phenoxy) is 1. The summed E-state index contributed by atoms with van der Waals surface area (Å²) < 4.78 is 5.17. The van der Waals surface area contributed by atoms with E-state index in [1.165, 1.54) is 57.8 Å². The van der Waals surface area contributed by atoms with Gasteiger partial charge >= 0.3 is 0 Å². The van der Waals surface area contributed by atoms with Crippen LogP contribution in [-0.2, 0) is 9.53 Å². The van der Waals surface area contributed by atoms with Crippen molar-refractivity contribution in [3.05, 3.63) is 0 Å². The average Bonchev–Trinajstić information content (AvgIpc) is 3.09. The van der Waals surface area contributed by atoms with Crippen LogP contribution in [0.2, 0.25) is 0 Å². The fraction of sp³-hybridized carbons (Fsp3) is 0.938. The van der Waals surface area contributed by atoms with E-state index in [0.29, 0.717) is 5.78 Å². The highest BCUT2D eigenvalue weighted by atomic mass is 16.6. The minimum atomic E-state index is -0.0523. The summed E-state index contributed by atoms with van der Waals surface area (Å²) in [6.07, 6.45) is 14.1. The molecule has 0 radical (unpaired) electrons. The van der Waals surface area contributed by atoms with Crippen molar-refractivity contribution in [2.75, 3.05) is 0 Å². The summed E-state index contributed by atoms with van der Waals surface area (Å²) in [5.41, 5.74) is 0. The molecule has 0 N–H and O–H groups in total. The lowest BCUT2D eigenvalue weighted by Gasteiger charge is -2.01. The Bertz CT molecular complexity index is 225. The van der Waals surface area contributed by atoms with Crippen molar-refractivity contribution >= 4 is 5.78 Å². The van der Waals surface area contributed by atoms with Crippen LogP contribution in [0.3, 0.4) is 0 Å². The lowest BCUT2D eigenvalue weighted by atomic mass is 10.0. The van der Waals surface area contributed by atoms with Crippen LogP contribution in [0.4, 0.5) is 0 Å². The van der Waals surface area contributed by atoms with E-state index in [-0.39, 0.29) is 12.2 Å². The minimum absolute atomic E-state index is 0.0523. The predicted octanol–water partition coefficient (Wildman–Crippen LogP) is 4.65. The zero-order valence-electron chi connectivity index (χ0n) is 12.2. The lowest BCUT2D eigenvalue weighted by Crippen LogP contribution is -2.07. The third kappa shape index (κ3) is 7.15. The number of carbonyl (C=O) groups is 1. The maximum Gasteiger partial charge on any atom is 0.164 e. The van der Waals surface area contributed by atoms with Crippen molar-refractivity contribution in [2.24, 2.45) is 0 Å². The zero-order chi connectivity index (χ0) is 13.2. The number of ketones is 1. The highest BCUT2D eigenvalue weighted by Crippen LogP contribution is 2.24. The van der Waals surface area contributed by atoms with Crippen LogP contribution >= 0.6 is 0 Å². The number of hydrogen-bond donors (Lipinski definition) is 0. The van der Waals surface area contributed by atoms with Gasteiger partial charge in [-0.05, 0) is 13.3 Å². The van der Waals surface area contributed by atoms with Gasteiger partial charge in [-0.2, -0.15) is 0 Å². The minimum Gasteiger partial charge on any atom is -0.362 e. The van der Waals surface area contributed by atoms with Gasteiger partial charge in [0.1, 0.15) is 6.10 Å². The maximum atomic E-state index is 11.5. The summed E-state index contributed by atoms with van der Waals surface area (Å²) in [5.74, 6) is 0.321. The van der Waals surface area contributed by atoms with Gasteiger partial charge < -0.3 is 4.74 Å². The molecule has 1 aliphatic heterocycles. The summed E-state index contributed by atoms with van der Waals surface area (Å²) in [6.45, 7) is 4.23. The Labute approximate surface area is 112 Å². The molecule has 1 heterocycles. The summed E-state index contributed by atoms with van der Waals surface area (Å²) in [7, 11) is 0. The number of rotatable bonds is 12. The molecule has 0 aromatic carbocycles. The Morgan fingerprint density at radius 3 is 1.78 bits per heavy atom. The van der Waals surface area contributed by atoms with Crippen LogP contribution in [0, 0.1) is 0 Å². The lowest BCUT2D eigenvalue weighted by molar-refractivity contribution is -0.120. The van der Waals surface area contributed by atoms with E-state index in [1.54, 1.807) is 0 Å². The first-order valence-corrected chi connectivity index (χ1v) is 7.94. The van der Waals surface area contributed by atoms with Gasteiger partial charge in [0, 0.05) is 6.42 Å². The molecule has 0 aromatic heterocycles. The molecule has 2 heteroatoms. The molecule has 1 fully saturated rings. The van der Waals surface area contributed by atoms with Crippen LogP contribution in [0.15, 0.2) is 0 Å². The quantitative estimate of drug-likeness (QED) is 0.374. The molecule has 0 bridgehead atoms. The second kappa shape index (κ2) is 9.55. The van der Waals surface area contributed by atoms with Crippen molar-refractivity contribution in [1.82, 2.24) is 0 Å². The van der Waals surface area contributed by atoms with Crippen molar-refractivity contribution in [3.8, 4) is 0 Å². The Hall–Kier alpha value is -0.370. The van der Waals surface area contributed by atoms with E-state index < -0.39 is 0 Å². The topological polar surface area (TPSA) is 29.6 Å². The second-order valence-corrected chi connectivity index (χ2v) is 5.66. The van der Waals surface area contributed by atoms with Crippen LogP contribution in [0.1, 0.15) is 84.5 Å². The molecule has 0 aliphatic carbocycles. The third-order valence-electron chi connectivity index (χ3n) is 3.81. The number of hydrogen-bond acceptors (Lipinski definition) is 2. The van der Waals surface area contributed by atoms with E-state index in [0.717, 1.165) is 12.8 Å². The zero-order valence-corrected chi connectivity index (χ0v) is 12.2. The Morgan fingerprint density at radius 2 is 1.33 bits per heavy atom. The molecule has 0 unspecified atom stereocenters. The molecule has 2 nitrogen and oxygen atoms in total. The van der Waals surface area contributed by atoms with E-state index in [2.05, 4.69) is 6.92 Å². The van der Waals surface area contributed by atoms with Crippen molar-refractivity contribution in [3.63, 3.8) is 0 Å². The number of epoxide rings is 1. The fourth-order valence-corrected chi connectivity index (χ4v) is 2.45. The van der Waals surface area contributed by atoms with Crippen molar-refractivity contribution in [1.29, 1.82) is 0 Å². The molecule has 0 aromatic rings. The Morgan fingerprint density at radius 1 is 0.889 bits per heavy atom. The molecular formula is C16H30O2. The normalized spacial score (nSPS) is 22.1. The predicted molar refractivity (Wildman–Crippen MR) is 75.8 cm³/mol. The van der Waals surface area contributed by atoms with Gasteiger partial charge in [-0.3, -0.25) is 4.79 Å².